The van der Waals surface area contributed by atoms with Crippen molar-refractivity contribution in [2.45, 2.75) is 19.4 Å². The van der Waals surface area contributed by atoms with E-state index in [2.05, 4.69) is 5.32 Å². The van der Waals surface area contributed by atoms with Crippen LogP contribution >= 0.6 is 0 Å². The predicted octanol–water partition coefficient (Wildman–Crippen LogP) is 0.629. The number of carboxylic acids is 1. The maximum Gasteiger partial charge on any atom is 0.321 e. The van der Waals surface area contributed by atoms with Gasteiger partial charge in [-0.3, -0.25) is 4.79 Å². The fourth-order valence-corrected chi connectivity index (χ4v) is 1.50. The number of nitrogens with one attached hydrogen (secondary N) is 1. The first-order chi connectivity index (χ1) is 8.63. The third-order valence-electron chi connectivity index (χ3n) is 2.51. The summed E-state index contributed by atoms with van der Waals surface area (Å²) in [4.78, 5) is 10.5. The van der Waals surface area contributed by atoms with Crippen LogP contribution in [0.25, 0.3) is 0 Å². The van der Waals surface area contributed by atoms with Crippen LogP contribution in [0.15, 0.2) is 24.3 Å². The fourth-order valence-electron chi connectivity index (χ4n) is 1.50. The standard InChI is InChI=1S/C13H20N2O3/c1-2-18-11-5-3-10(4-6-11)7-8-15-9-12(14)13(16)17/h3-6,12,15H,2,7-9,14H2,1H3,(H,16,17). The quantitative estimate of drug-likeness (QED) is 0.591. The number of carbonyl (C=O) groups is 1. The number of nitrogens with two attached hydrogens (primary N) is 1. The van der Waals surface area contributed by atoms with Gasteiger partial charge in [-0.25, -0.2) is 0 Å². The summed E-state index contributed by atoms with van der Waals surface area (Å²) < 4.78 is 5.35. The second kappa shape index (κ2) is 7.68. The maximum atomic E-state index is 10.5. The monoisotopic (exact) mass is 252 g/mol. The molecule has 18 heavy (non-hydrogen) atoms. The Hall–Kier alpha value is -1.59. The van der Waals surface area contributed by atoms with E-state index in [1.165, 1.54) is 5.56 Å². The van der Waals surface area contributed by atoms with Crippen molar-refractivity contribution in [3.8, 4) is 5.75 Å². The summed E-state index contributed by atoms with van der Waals surface area (Å²) in [6, 6.07) is 7.03. The van der Waals surface area contributed by atoms with Gasteiger partial charge >= 0.3 is 5.97 Å². The van der Waals surface area contributed by atoms with Crippen molar-refractivity contribution >= 4 is 5.97 Å². The zero-order valence-electron chi connectivity index (χ0n) is 10.6. The summed E-state index contributed by atoms with van der Waals surface area (Å²) in [6.07, 6.45) is 0.832. The zero-order chi connectivity index (χ0) is 13.4. The van der Waals surface area contributed by atoms with Crippen molar-refractivity contribution in [2.24, 2.45) is 5.73 Å². The molecule has 1 unspecified atom stereocenters. The van der Waals surface area contributed by atoms with E-state index in [0.717, 1.165) is 12.2 Å². The molecule has 0 radical (unpaired) electrons. The van der Waals surface area contributed by atoms with Crippen LogP contribution in [0.1, 0.15) is 12.5 Å². The van der Waals surface area contributed by atoms with Gasteiger partial charge in [0.1, 0.15) is 11.8 Å². The van der Waals surface area contributed by atoms with E-state index in [1.54, 1.807) is 0 Å². The van der Waals surface area contributed by atoms with Crippen molar-refractivity contribution < 1.29 is 14.6 Å². The molecule has 1 aromatic carbocycles. The summed E-state index contributed by atoms with van der Waals surface area (Å²) in [5, 5.41) is 11.6. The smallest absolute Gasteiger partial charge is 0.321 e. The lowest BCUT2D eigenvalue weighted by molar-refractivity contribution is -0.138. The molecule has 1 atom stereocenters. The van der Waals surface area contributed by atoms with Gasteiger partial charge in [0.15, 0.2) is 0 Å². The second-order valence-corrected chi connectivity index (χ2v) is 3.98. The van der Waals surface area contributed by atoms with E-state index in [-0.39, 0.29) is 6.54 Å². The molecular formula is C13H20N2O3. The lowest BCUT2D eigenvalue weighted by Gasteiger charge is -2.08. The topological polar surface area (TPSA) is 84.6 Å². The summed E-state index contributed by atoms with van der Waals surface area (Å²) in [6.45, 7) is 3.60. The molecule has 0 aliphatic heterocycles. The fraction of sp³-hybridized carbons (Fsp3) is 0.462. The van der Waals surface area contributed by atoms with Gasteiger partial charge < -0.3 is 20.9 Å². The molecule has 5 heteroatoms. The highest BCUT2D eigenvalue weighted by Crippen LogP contribution is 2.12. The molecule has 0 bridgehead atoms. The largest absolute Gasteiger partial charge is 0.494 e. The Balaban J connectivity index is 2.25. The van der Waals surface area contributed by atoms with Crippen LogP contribution in [0.3, 0.4) is 0 Å². The third-order valence-corrected chi connectivity index (χ3v) is 2.51. The van der Waals surface area contributed by atoms with Gasteiger partial charge in [0, 0.05) is 6.54 Å². The normalized spacial score (nSPS) is 12.1. The van der Waals surface area contributed by atoms with Crippen LogP contribution < -0.4 is 15.8 Å². The average Bonchev–Trinajstić information content (AvgIpc) is 2.36. The Morgan fingerprint density at radius 2 is 2.11 bits per heavy atom. The minimum atomic E-state index is -0.983. The molecule has 0 heterocycles. The van der Waals surface area contributed by atoms with Gasteiger partial charge in [-0.15, -0.1) is 0 Å². The van der Waals surface area contributed by atoms with Crippen molar-refractivity contribution in [1.29, 1.82) is 0 Å². The molecule has 4 N–H and O–H groups in total. The van der Waals surface area contributed by atoms with Crippen molar-refractivity contribution in [3.63, 3.8) is 0 Å². The highest BCUT2D eigenvalue weighted by molar-refractivity contribution is 5.73. The molecule has 0 aliphatic carbocycles. The summed E-state index contributed by atoms with van der Waals surface area (Å²) >= 11 is 0. The van der Waals surface area contributed by atoms with E-state index < -0.39 is 12.0 Å². The van der Waals surface area contributed by atoms with Crippen LogP contribution in [0, 0.1) is 0 Å². The number of hydrogen-bond acceptors (Lipinski definition) is 4. The summed E-state index contributed by atoms with van der Waals surface area (Å²) in [5.74, 6) is -0.120. The van der Waals surface area contributed by atoms with Crippen LogP contribution in [-0.2, 0) is 11.2 Å². The van der Waals surface area contributed by atoms with Crippen LogP contribution in [0.5, 0.6) is 5.75 Å². The lowest BCUT2D eigenvalue weighted by Crippen LogP contribution is -2.40. The van der Waals surface area contributed by atoms with Crippen LogP contribution in [0.4, 0.5) is 0 Å². The molecule has 0 saturated heterocycles. The molecule has 0 saturated carbocycles. The Labute approximate surface area is 107 Å². The van der Waals surface area contributed by atoms with Gasteiger partial charge in [-0.2, -0.15) is 0 Å². The molecular weight excluding hydrogens is 232 g/mol. The summed E-state index contributed by atoms with van der Waals surface area (Å²) in [5.41, 5.74) is 6.55. The molecule has 1 rings (SSSR count). The Morgan fingerprint density at radius 3 is 2.67 bits per heavy atom. The Morgan fingerprint density at radius 1 is 1.44 bits per heavy atom. The van der Waals surface area contributed by atoms with Gasteiger partial charge in [0.05, 0.1) is 6.61 Å². The lowest BCUT2D eigenvalue weighted by atomic mass is 10.1. The number of ether oxygens (including phenoxy) is 1. The van der Waals surface area contributed by atoms with E-state index in [1.807, 2.05) is 31.2 Å². The van der Waals surface area contributed by atoms with Gasteiger partial charge in [-0.1, -0.05) is 12.1 Å². The minimum Gasteiger partial charge on any atom is -0.494 e. The molecule has 1 aromatic rings. The highest BCUT2D eigenvalue weighted by atomic mass is 16.5. The number of benzene rings is 1. The zero-order valence-corrected chi connectivity index (χ0v) is 10.6. The summed E-state index contributed by atoms with van der Waals surface area (Å²) in [7, 11) is 0. The second-order valence-electron chi connectivity index (χ2n) is 3.98. The van der Waals surface area contributed by atoms with E-state index in [4.69, 9.17) is 15.6 Å². The third kappa shape index (κ3) is 5.16. The minimum absolute atomic E-state index is 0.284. The number of carboxylic acid groups (broad SMARTS) is 1. The van der Waals surface area contributed by atoms with Gasteiger partial charge in [0.2, 0.25) is 0 Å². The van der Waals surface area contributed by atoms with Crippen molar-refractivity contribution in [2.75, 3.05) is 19.7 Å². The SMILES string of the molecule is CCOc1ccc(CCNCC(N)C(=O)O)cc1. The first-order valence-electron chi connectivity index (χ1n) is 6.04. The molecule has 0 amide bonds. The predicted molar refractivity (Wildman–Crippen MR) is 69.8 cm³/mol. The molecule has 100 valence electrons. The highest BCUT2D eigenvalue weighted by Gasteiger charge is 2.09. The first kappa shape index (κ1) is 14.5. The molecule has 5 nitrogen and oxygen atoms in total. The molecule has 0 fully saturated rings. The maximum absolute atomic E-state index is 10.5. The Kier molecular flexibility index (Phi) is 6.18. The van der Waals surface area contributed by atoms with Crippen LogP contribution in [0.2, 0.25) is 0 Å². The van der Waals surface area contributed by atoms with E-state index in [9.17, 15) is 4.79 Å². The van der Waals surface area contributed by atoms with Gasteiger partial charge in [0.25, 0.3) is 0 Å². The Bertz CT molecular complexity index is 365. The number of hydrogen-bond donors (Lipinski definition) is 3. The van der Waals surface area contributed by atoms with Crippen molar-refractivity contribution in [3.05, 3.63) is 29.8 Å². The van der Waals surface area contributed by atoms with Crippen molar-refractivity contribution in [1.82, 2.24) is 5.32 Å². The number of rotatable bonds is 8. The average molecular weight is 252 g/mol. The van der Waals surface area contributed by atoms with E-state index in [0.29, 0.717) is 13.2 Å². The number of aliphatic carboxylic acids is 1. The molecule has 0 spiro atoms. The molecule has 0 aliphatic rings. The van der Waals surface area contributed by atoms with Crippen LogP contribution in [-0.4, -0.2) is 36.8 Å². The van der Waals surface area contributed by atoms with E-state index >= 15 is 0 Å². The first-order valence-corrected chi connectivity index (χ1v) is 6.04. The van der Waals surface area contributed by atoms with Gasteiger partial charge in [-0.05, 0) is 37.6 Å². The molecule has 0 aromatic heterocycles.